The molecule has 1 aliphatic rings. The van der Waals surface area contributed by atoms with Gasteiger partial charge >= 0.3 is 0 Å². The molecule has 0 saturated carbocycles. The monoisotopic (exact) mass is 442 g/mol. The van der Waals surface area contributed by atoms with Crippen LogP contribution in [0.3, 0.4) is 0 Å². The van der Waals surface area contributed by atoms with E-state index in [1.54, 1.807) is 7.11 Å². The Kier molecular flexibility index (Phi) is 5.86. The molecule has 1 N–H and O–H groups in total. The number of likely N-dealkylation sites (N-methyl/N-ethyl adjacent to an activating group) is 1. The molecule has 7 heteroatoms. The van der Waals surface area contributed by atoms with E-state index < -0.39 is 0 Å². The molecule has 170 valence electrons. The summed E-state index contributed by atoms with van der Waals surface area (Å²) in [6.07, 6.45) is 2.78. The summed E-state index contributed by atoms with van der Waals surface area (Å²) in [5, 5.41) is 8.72. The van der Waals surface area contributed by atoms with Gasteiger partial charge in [0.15, 0.2) is 5.65 Å². The molecule has 1 aliphatic heterocycles. The Balaban J connectivity index is 1.39. The Hall–Kier alpha value is -3.61. The van der Waals surface area contributed by atoms with Crippen molar-refractivity contribution in [1.82, 2.24) is 20.2 Å². The Morgan fingerprint density at radius 1 is 1.09 bits per heavy atom. The van der Waals surface area contributed by atoms with Crippen molar-refractivity contribution in [3.8, 4) is 5.75 Å². The molecule has 0 spiro atoms. The van der Waals surface area contributed by atoms with Crippen molar-refractivity contribution in [3.63, 3.8) is 0 Å². The number of nitrogens with one attached hydrogen (secondary N) is 1. The zero-order chi connectivity index (χ0) is 22.8. The smallest absolute Gasteiger partial charge is 0.229 e. The highest BCUT2D eigenvalue weighted by atomic mass is 16.5. The minimum atomic E-state index is 0.708. The SMILES string of the molecule is CCc1cc(CCN(C)c2nc3c4c([nH]nc4n2)CCN3Cc2ccccc2)ccc1OC. The second-order valence-electron chi connectivity index (χ2n) is 8.58. The van der Waals surface area contributed by atoms with Crippen LogP contribution in [0.15, 0.2) is 48.5 Å². The first-order valence-electron chi connectivity index (χ1n) is 11.6. The van der Waals surface area contributed by atoms with E-state index in [2.05, 4.69) is 82.5 Å². The zero-order valence-corrected chi connectivity index (χ0v) is 19.5. The van der Waals surface area contributed by atoms with Crippen molar-refractivity contribution in [1.29, 1.82) is 0 Å². The number of aromatic nitrogens is 4. The molecule has 0 atom stereocenters. The van der Waals surface area contributed by atoms with Crippen LogP contribution in [0, 0.1) is 0 Å². The zero-order valence-electron chi connectivity index (χ0n) is 19.5. The van der Waals surface area contributed by atoms with E-state index in [1.165, 1.54) is 16.7 Å². The summed E-state index contributed by atoms with van der Waals surface area (Å²) in [7, 11) is 3.78. The van der Waals surface area contributed by atoms with Gasteiger partial charge in [0.05, 0.1) is 18.2 Å². The van der Waals surface area contributed by atoms with E-state index in [0.717, 1.165) is 67.2 Å². The van der Waals surface area contributed by atoms with E-state index in [9.17, 15) is 0 Å². The first kappa shape index (κ1) is 21.2. The number of hydrogen-bond acceptors (Lipinski definition) is 6. The van der Waals surface area contributed by atoms with Crippen molar-refractivity contribution < 1.29 is 4.74 Å². The average molecular weight is 443 g/mol. The second-order valence-corrected chi connectivity index (χ2v) is 8.58. The minimum absolute atomic E-state index is 0.708. The topological polar surface area (TPSA) is 70.2 Å². The van der Waals surface area contributed by atoms with Crippen molar-refractivity contribution in [3.05, 3.63) is 70.9 Å². The van der Waals surface area contributed by atoms with Crippen LogP contribution in [0.1, 0.15) is 29.3 Å². The molecule has 3 heterocycles. The molecular weight excluding hydrogens is 412 g/mol. The molecular formula is C26H30N6O. The third-order valence-electron chi connectivity index (χ3n) is 6.41. The van der Waals surface area contributed by atoms with Gasteiger partial charge in [-0.1, -0.05) is 49.4 Å². The lowest BCUT2D eigenvalue weighted by Gasteiger charge is -2.29. The number of methoxy groups -OCH3 is 1. The maximum atomic E-state index is 5.47. The van der Waals surface area contributed by atoms with Crippen molar-refractivity contribution in [2.24, 2.45) is 0 Å². The predicted octanol–water partition coefficient (Wildman–Crippen LogP) is 4.17. The van der Waals surface area contributed by atoms with Crippen LogP contribution < -0.4 is 14.5 Å². The number of rotatable bonds is 8. The highest BCUT2D eigenvalue weighted by molar-refractivity contribution is 5.91. The molecule has 0 amide bonds. The van der Waals surface area contributed by atoms with Gasteiger partial charge in [-0.05, 0) is 35.6 Å². The Labute approximate surface area is 194 Å². The molecule has 0 aliphatic carbocycles. The summed E-state index contributed by atoms with van der Waals surface area (Å²) in [5.74, 6) is 2.63. The van der Waals surface area contributed by atoms with Gasteiger partial charge in [-0.2, -0.15) is 15.1 Å². The fraction of sp³-hybridized carbons (Fsp3) is 0.346. The van der Waals surface area contributed by atoms with Crippen LogP contribution in [0.5, 0.6) is 5.75 Å². The third-order valence-corrected chi connectivity index (χ3v) is 6.41. The Bertz CT molecular complexity index is 1250. The molecule has 33 heavy (non-hydrogen) atoms. The molecule has 0 saturated heterocycles. The van der Waals surface area contributed by atoms with Gasteiger partial charge in [0.25, 0.3) is 0 Å². The van der Waals surface area contributed by atoms with Crippen LogP contribution in [0.2, 0.25) is 0 Å². The van der Waals surface area contributed by atoms with Gasteiger partial charge in [-0.3, -0.25) is 5.10 Å². The normalized spacial score (nSPS) is 12.9. The van der Waals surface area contributed by atoms with Crippen LogP contribution in [0.25, 0.3) is 11.0 Å². The molecule has 2 aromatic carbocycles. The standard InChI is InChI=1S/C26H30N6O/c1-4-20-16-18(10-11-22(20)33-3)12-14-31(2)26-27-24-23-21(29-30-24)13-15-32(25(23)28-26)17-19-8-6-5-7-9-19/h5-11,16H,4,12-15,17H2,1-3H3,(H,27,28,29,30). The number of aryl methyl sites for hydroxylation is 1. The fourth-order valence-corrected chi connectivity index (χ4v) is 4.50. The molecule has 0 fully saturated rings. The number of anilines is 2. The Morgan fingerprint density at radius 3 is 2.73 bits per heavy atom. The van der Waals surface area contributed by atoms with Crippen molar-refractivity contribution >= 4 is 22.8 Å². The number of benzene rings is 2. The number of aromatic amines is 1. The van der Waals surface area contributed by atoms with Crippen LogP contribution in [0.4, 0.5) is 11.8 Å². The summed E-state index contributed by atoms with van der Waals surface area (Å²) in [4.78, 5) is 14.3. The minimum Gasteiger partial charge on any atom is -0.496 e. The van der Waals surface area contributed by atoms with E-state index in [1.807, 2.05) is 0 Å². The predicted molar refractivity (Wildman–Crippen MR) is 132 cm³/mol. The fourth-order valence-electron chi connectivity index (χ4n) is 4.50. The Morgan fingerprint density at radius 2 is 1.94 bits per heavy atom. The lowest BCUT2D eigenvalue weighted by Crippen LogP contribution is -2.31. The van der Waals surface area contributed by atoms with E-state index in [0.29, 0.717) is 5.95 Å². The van der Waals surface area contributed by atoms with Gasteiger partial charge in [-0.25, -0.2) is 0 Å². The quantitative estimate of drug-likeness (QED) is 0.442. The molecule has 4 aromatic rings. The summed E-state index contributed by atoms with van der Waals surface area (Å²) in [6.45, 7) is 4.70. The van der Waals surface area contributed by atoms with Gasteiger partial charge in [0, 0.05) is 33.1 Å². The van der Waals surface area contributed by atoms with Gasteiger partial charge in [-0.15, -0.1) is 0 Å². The van der Waals surface area contributed by atoms with Gasteiger partial charge in [0.1, 0.15) is 11.6 Å². The molecule has 7 nitrogen and oxygen atoms in total. The maximum absolute atomic E-state index is 5.47. The summed E-state index contributed by atoms with van der Waals surface area (Å²) >= 11 is 0. The second kappa shape index (κ2) is 9.10. The first-order chi connectivity index (χ1) is 16.2. The molecule has 2 aromatic heterocycles. The highest BCUT2D eigenvalue weighted by Crippen LogP contribution is 2.33. The molecule has 0 radical (unpaired) electrons. The van der Waals surface area contributed by atoms with Gasteiger partial charge in [0.2, 0.25) is 5.95 Å². The summed E-state index contributed by atoms with van der Waals surface area (Å²) in [6, 6.07) is 17.0. The molecule has 0 bridgehead atoms. The highest BCUT2D eigenvalue weighted by Gasteiger charge is 2.25. The van der Waals surface area contributed by atoms with Crippen LogP contribution in [-0.4, -0.2) is 47.4 Å². The number of hydrogen-bond donors (Lipinski definition) is 1. The summed E-state index contributed by atoms with van der Waals surface area (Å²) < 4.78 is 5.47. The van der Waals surface area contributed by atoms with E-state index in [-0.39, 0.29) is 0 Å². The summed E-state index contributed by atoms with van der Waals surface area (Å²) in [5.41, 5.74) is 5.67. The molecule has 5 rings (SSSR count). The average Bonchev–Trinajstić information content (AvgIpc) is 3.28. The largest absolute Gasteiger partial charge is 0.496 e. The lowest BCUT2D eigenvalue weighted by molar-refractivity contribution is 0.410. The van der Waals surface area contributed by atoms with Crippen molar-refractivity contribution in [2.45, 2.75) is 32.7 Å². The molecule has 0 unspecified atom stereocenters. The van der Waals surface area contributed by atoms with E-state index in [4.69, 9.17) is 14.7 Å². The number of nitrogens with zero attached hydrogens (tertiary/aromatic N) is 5. The van der Waals surface area contributed by atoms with Crippen LogP contribution in [-0.2, 0) is 25.8 Å². The van der Waals surface area contributed by atoms with Gasteiger partial charge < -0.3 is 14.5 Å². The lowest BCUT2D eigenvalue weighted by atomic mass is 10.1. The maximum Gasteiger partial charge on any atom is 0.229 e. The third kappa shape index (κ3) is 4.23. The van der Waals surface area contributed by atoms with E-state index >= 15 is 0 Å². The van der Waals surface area contributed by atoms with Crippen molar-refractivity contribution in [2.75, 3.05) is 37.0 Å². The number of ether oxygens (including phenoxy) is 1. The first-order valence-corrected chi connectivity index (χ1v) is 11.6. The number of H-pyrrole nitrogens is 1. The van der Waals surface area contributed by atoms with Crippen LogP contribution >= 0.6 is 0 Å².